The Bertz CT molecular complexity index is 659. The summed E-state index contributed by atoms with van der Waals surface area (Å²) in [5.41, 5.74) is 0.106. The van der Waals surface area contributed by atoms with Crippen LogP contribution < -0.4 is 10.1 Å². The smallest absolute Gasteiger partial charge is 0.477 e. The van der Waals surface area contributed by atoms with Gasteiger partial charge in [-0.2, -0.15) is 0 Å². The molecule has 0 aliphatic heterocycles. The lowest BCUT2D eigenvalue weighted by Gasteiger charge is -2.11. The Morgan fingerprint density at radius 3 is 2.57 bits per heavy atom. The minimum absolute atomic E-state index is 0.178. The van der Waals surface area contributed by atoms with E-state index in [-0.39, 0.29) is 22.9 Å². The van der Waals surface area contributed by atoms with E-state index in [1.165, 1.54) is 30.3 Å². The fourth-order valence-electron chi connectivity index (χ4n) is 1.54. The van der Waals surface area contributed by atoms with Crippen molar-refractivity contribution in [3.8, 4) is 5.75 Å². The van der Waals surface area contributed by atoms with Crippen molar-refractivity contribution < 1.29 is 27.8 Å². The topological polar surface area (TPSA) is 71.5 Å². The van der Waals surface area contributed by atoms with Crippen LogP contribution in [0.1, 0.15) is 10.5 Å². The number of aromatic carboxylic acids is 1. The molecule has 2 rings (SSSR count). The fourth-order valence-corrected chi connectivity index (χ4v) is 1.54. The molecule has 0 saturated carbocycles. The van der Waals surface area contributed by atoms with Crippen molar-refractivity contribution in [3.05, 3.63) is 48.2 Å². The normalized spacial score (nSPS) is 11.0. The number of carbonyl (C=O) groups is 1. The first-order valence-corrected chi connectivity index (χ1v) is 5.67. The first kappa shape index (κ1) is 14.6. The first-order valence-electron chi connectivity index (χ1n) is 5.67. The maximum Gasteiger partial charge on any atom is 0.573 e. The average Bonchev–Trinajstić information content (AvgIpc) is 2.37. The zero-order chi connectivity index (χ0) is 15.5. The van der Waals surface area contributed by atoms with Gasteiger partial charge in [0.15, 0.2) is 5.69 Å². The maximum absolute atomic E-state index is 12.1. The Labute approximate surface area is 117 Å². The van der Waals surface area contributed by atoms with Gasteiger partial charge in [-0.1, -0.05) is 12.1 Å². The molecule has 0 spiro atoms. The lowest BCUT2D eigenvalue weighted by molar-refractivity contribution is -0.274. The minimum atomic E-state index is -4.78. The van der Waals surface area contributed by atoms with E-state index in [0.29, 0.717) is 0 Å². The highest BCUT2D eigenvalue weighted by Crippen LogP contribution is 2.26. The number of carboxylic acid groups (broad SMARTS) is 1. The molecule has 0 aliphatic rings. The number of aromatic nitrogens is 1. The van der Waals surface area contributed by atoms with Gasteiger partial charge in [-0.05, 0) is 24.3 Å². The van der Waals surface area contributed by atoms with E-state index < -0.39 is 12.3 Å². The molecule has 0 fully saturated rings. The van der Waals surface area contributed by atoms with E-state index in [9.17, 15) is 18.0 Å². The SMILES string of the molecule is O=C(O)c1cccc(Nc2cccc(OC(F)(F)F)c2)n1. The highest BCUT2D eigenvalue weighted by molar-refractivity contribution is 5.85. The van der Waals surface area contributed by atoms with Crippen molar-refractivity contribution in [3.63, 3.8) is 0 Å². The molecule has 8 heteroatoms. The monoisotopic (exact) mass is 298 g/mol. The highest BCUT2D eigenvalue weighted by Gasteiger charge is 2.31. The molecule has 1 heterocycles. The van der Waals surface area contributed by atoms with Gasteiger partial charge in [0.2, 0.25) is 0 Å². The Hall–Kier alpha value is -2.77. The van der Waals surface area contributed by atoms with Gasteiger partial charge in [0.25, 0.3) is 0 Å². The van der Waals surface area contributed by atoms with Gasteiger partial charge in [-0.25, -0.2) is 9.78 Å². The molecule has 0 unspecified atom stereocenters. The minimum Gasteiger partial charge on any atom is -0.477 e. The number of ether oxygens (including phenoxy) is 1. The van der Waals surface area contributed by atoms with Crippen LogP contribution >= 0.6 is 0 Å². The van der Waals surface area contributed by atoms with Crippen molar-refractivity contribution in [2.45, 2.75) is 6.36 Å². The number of halogens is 3. The van der Waals surface area contributed by atoms with Crippen molar-refractivity contribution >= 4 is 17.5 Å². The summed E-state index contributed by atoms with van der Waals surface area (Å²) in [4.78, 5) is 14.6. The molecule has 0 radical (unpaired) electrons. The van der Waals surface area contributed by atoms with Crippen molar-refractivity contribution in [1.82, 2.24) is 4.98 Å². The van der Waals surface area contributed by atoms with E-state index >= 15 is 0 Å². The molecule has 2 aromatic rings. The summed E-state index contributed by atoms with van der Waals surface area (Å²) in [5.74, 6) is -1.39. The van der Waals surface area contributed by atoms with Crippen molar-refractivity contribution in [2.24, 2.45) is 0 Å². The highest BCUT2D eigenvalue weighted by atomic mass is 19.4. The Kier molecular flexibility index (Phi) is 3.97. The number of nitrogens with one attached hydrogen (secondary N) is 1. The summed E-state index contributed by atoms with van der Waals surface area (Å²) in [7, 11) is 0. The van der Waals surface area contributed by atoms with Crippen LogP contribution in [0.4, 0.5) is 24.7 Å². The quantitative estimate of drug-likeness (QED) is 0.905. The summed E-state index contributed by atoms with van der Waals surface area (Å²) in [6.45, 7) is 0. The van der Waals surface area contributed by atoms with Crippen molar-refractivity contribution in [2.75, 3.05) is 5.32 Å². The first-order chi connectivity index (χ1) is 9.83. The van der Waals surface area contributed by atoms with Crippen LogP contribution in [0.3, 0.4) is 0 Å². The molecule has 110 valence electrons. The van der Waals surface area contributed by atoms with E-state index in [2.05, 4.69) is 15.0 Å². The summed E-state index contributed by atoms with van der Waals surface area (Å²) in [6.07, 6.45) is -4.78. The predicted octanol–water partition coefficient (Wildman–Crippen LogP) is 3.42. The molecule has 1 aromatic carbocycles. The van der Waals surface area contributed by atoms with Gasteiger partial charge in [-0.15, -0.1) is 13.2 Å². The molecular formula is C13H9F3N2O3. The van der Waals surface area contributed by atoms with Crippen LogP contribution in [0.2, 0.25) is 0 Å². The molecule has 0 bridgehead atoms. The largest absolute Gasteiger partial charge is 0.573 e. The molecule has 2 N–H and O–H groups in total. The number of pyridine rings is 1. The number of carboxylic acids is 1. The van der Waals surface area contributed by atoms with Gasteiger partial charge < -0.3 is 15.2 Å². The average molecular weight is 298 g/mol. The van der Waals surface area contributed by atoms with Gasteiger partial charge in [-0.3, -0.25) is 0 Å². The lowest BCUT2D eigenvalue weighted by Crippen LogP contribution is -2.17. The predicted molar refractivity (Wildman–Crippen MR) is 67.6 cm³/mol. The lowest BCUT2D eigenvalue weighted by atomic mass is 10.3. The van der Waals surface area contributed by atoms with Crippen molar-refractivity contribution in [1.29, 1.82) is 0 Å². The molecule has 0 aliphatic carbocycles. The summed E-state index contributed by atoms with van der Waals surface area (Å²) in [5, 5.41) is 11.5. The second-order valence-corrected chi connectivity index (χ2v) is 3.91. The van der Waals surface area contributed by atoms with E-state index in [1.807, 2.05) is 0 Å². The summed E-state index contributed by atoms with van der Waals surface area (Å²) >= 11 is 0. The van der Waals surface area contributed by atoms with Gasteiger partial charge in [0, 0.05) is 11.8 Å². The molecule has 21 heavy (non-hydrogen) atoms. The maximum atomic E-state index is 12.1. The Morgan fingerprint density at radius 1 is 1.19 bits per heavy atom. The third-order valence-electron chi connectivity index (χ3n) is 2.31. The zero-order valence-corrected chi connectivity index (χ0v) is 10.4. The molecule has 5 nitrogen and oxygen atoms in total. The number of rotatable bonds is 4. The van der Waals surface area contributed by atoms with Crippen LogP contribution in [-0.4, -0.2) is 22.4 Å². The molecular weight excluding hydrogens is 289 g/mol. The standard InChI is InChI=1S/C13H9F3N2O3/c14-13(15,16)21-9-4-1-3-8(7-9)17-11-6-2-5-10(18-11)12(19)20/h1-7H,(H,17,18)(H,19,20). The number of benzene rings is 1. The molecule has 1 aromatic heterocycles. The molecule has 0 amide bonds. The second-order valence-electron chi connectivity index (χ2n) is 3.91. The van der Waals surface area contributed by atoms with Crippen LogP contribution in [0.25, 0.3) is 0 Å². The van der Waals surface area contributed by atoms with E-state index in [0.717, 1.165) is 12.1 Å². The number of nitrogens with zero attached hydrogens (tertiary/aromatic N) is 1. The van der Waals surface area contributed by atoms with Gasteiger partial charge >= 0.3 is 12.3 Å². The second kappa shape index (κ2) is 5.70. The Balaban J connectivity index is 2.18. The third-order valence-corrected chi connectivity index (χ3v) is 2.31. The van der Waals surface area contributed by atoms with Gasteiger partial charge in [0.05, 0.1) is 0 Å². The van der Waals surface area contributed by atoms with Crippen LogP contribution in [-0.2, 0) is 0 Å². The molecule has 0 atom stereocenters. The Morgan fingerprint density at radius 2 is 1.90 bits per heavy atom. The number of anilines is 2. The number of hydrogen-bond donors (Lipinski definition) is 2. The third kappa shape index (κ3) is 4.37. The van der Waals surface area contributed by atoms with E-state index in [1.54, 1.807) is 0 Å². The fraction of sp³-hybridized carbons (Fsp3) is 0.0769. The zero-order valence-electron chi connectivity index (χ0n) is 10.4. The molecule has 0 saturated heterocycles. The van der Waals surface area contributed by atoms with Crippen LogP contribution in [0.5, 0.6) is 5.75 Å². The summed E-state index contributed by atoms with van der Waals surface area (Å²) < 4.78 is 40.2. The van der Waals surface area contributed by atoms with Crippen LogP contribution in [0, 0.1) is 0 Å². The number of hydrogen-bond acceptors (Lipinski definition) is 4. The summed E-state index contributed by atoms with van der Waals surface area (Å²) in [6, 6.07) is 9.40. The van der Waals surface area contributed by atoms with Gasteiger partial charge in [0.1, 0.15) is 11.6 Å². The van der Waals surface area contributed by atoms with Crippen LogP contribution in [0.15, 0.2) is 42.5 Å². The van der Waals surface area contributed by atoms with E-state index in [4.69, 9.17) is 5.11 Å². The number of alkyl halides is 3.